The number of hydrogen-bond donors (Lipinski definition) is 2. The van der Waals surface area contributed by atoms with Crippen molar-refractivity contribution in [1.29, 1.82) is 0 Å². The van der Waals surface area contributed by atoms with Crippen molar-refractivity contribution in [3.05, 3.63) is 70.7 Å². The first-order valence-corrected chi connectivity index (χ1v) is 7.90. The summed E-state index contributed by atoms with van der Waals surface area (Å²) in [5.41, 5.74) is 4.10. The minimum atomic E-state index is -0.326. The maximum Gasteiger partial charge on any atom is 0.240 e. The Morgan fingerprint density at radius 1 is 0.958 bits per heavy atom. The lowest BCUT2D eigenvalue weighted by Crippen LogP contribution is -2.25. The highest BCUT2D eigenvalue weighted by Crippen LogP contribution is 2.11. The van der Waals surface area contributed by atoms with Crippen LogP contribution in [0.1, 0.15) is 24.0 Å². The number of nitrogens with one attached hydrogen (secondary N) is 2. The van der Waals surface area contributed by atoms with Gasteiger partial charge in [-0.1, -0.05) is 60.1 Å². The van der Waals surface area contributed by atoms with Crippen LogP contribution in [0.5, 0.6) is 0 Å². The second-order valence-corrected chi connectivity index (χ2v) is 5.48. The van der Waals surface area contributed by atoms with E-state index in [1.54, 1.807) is 12.1 Å². The Hall–Kier alpha value is -2.66. The predicted molar refractivity (Wildman–Crippen MR) is 94.7 cm³/mol. The fraction of sp³-hybridized carbons (Fsp3) is 0.167. The minimum absolute atomic E-state index is 0.0699. The summed E-state index contributed by atoms with van der Waals surface area (Å²) in [6.45, 7) is 0.450. The third kappa shape index (κ3) is 6.22. The summed E-state index contributed by atoms with van der Waals surface area (Å²) in [6.07, 6.45) is 1.65. The SMILES string of the molecule is O=C(CCC(=O)N/N=C/c1ccccc1Cl)NCc1ccccc1. The zero-order valence-corrected chi connectivity index (χ0v) is 13.8. The Kier molecular flexibility index (Phi) is 6.98. The number of nitrogens with zero attached hydrogens (tertiary/aromatic N) is 1. The Morgan fingerprint density at radius 2 is 1.62 bits per heavy atom. The molecule has 124 valence electrons. The van der Waals surface area contributed by atoms with E-state index in [1.807, 2.05) is 42.5 Å². The molecule has 2 rings (SSSR count). The third-order valence-electron chi connectivity index (χ3n) is 3.21. The first kappa shape index (κ1) is 17.7. The molecule has 2 amide bonds. The number of amides is 2. The maximum absolute atomic E-state index is 11.7. The van der Waals surface area contributed by atoms with E-state index in [-0.39, 0.29) is 24.7 Å². The van der Waals surface area contributed by atoms with Crippen molar-refractivity contribution in [3.8, 4) is 0 Å². The van der Waals surface area contributed by atoms with Gasteiger partial charge in [-0.15, -0.1) is 0 Å². The molecule has 0 aliphatic rings. The van der Waals surface area contributed by atoms with Crippen molar-refractivity contribution in [3.63, 3.8) is 0 Å². The largest absolute Gasteiger partial charge is 0.352 e. The van der Waals surface area contributed by atoms with Gasteiger partial charge < -0.3 is 5.32 Å². The number of benzene rings is 2. The molecule has 0 unspecified atom stereocenters. The third-order valence-corrected chi connectivity index (χ3v) is 3.55. The first-order valence-electron chi connectivity index (χ1n) is 7.52. The fourth-order valence-corrected chi connectivity index (χ4v) is 2.11. The molecule has 6 heteroatoms. The van der Waals surface area contributed by atoms with Crippen LogP contribution in [0, 0.1) is 0 Å². The van der Waals surface area contributed by atoms with Gasteiger partial charge in [-0.05, 0) is 11.6 Å². The van der Waals surface area contributed by atoms with Gasteiger partial charge in [-0.3, -0.25) is 9.59 Å². The van der Waals surface area contributed by atoms with E-state index in [4.69, 9.17) is 11.6 Å². The highest BCUT2D eigenvalue weighted by molar-refractivity contribution is 6.33. The molecule has 0 heterocycles. The van der Waals surface area contributed by atoms with Gasteiger partial charge in [0, 0.05) is 30.0 Å². The lowest BCUT2D eigenvalue weighted by atomic mass is 10.2. The van der Waals surface area contributed by atoms with Crippen LogP contribution in [0.4, 0.5) is 0 Å². The van der Waals surface area contributed by atoms with E-state index in [1.165, 1.54) is 6.21 Å². The van der Waals surface area contributed by atoms with E-state index < -0.39 is 0 Å². The summed E-state index contributed by atoms with van der Waals surface area (Å²) >= 11 is 5.97. The van der Waals surface area contributed by atoms with Crippen LogP contribution in [0.25, 0.3) is 0 Å². The molecular weight excluding hydrogens is 326 g/mol. The molecule has 0 aliphatic heterocycles. The van der Waals surface area contributed by atoms with Gasteiger partial charge in [-0.25, -0.2) is 5.43 Å². The van der Waals surface area contributed by atoms with E-state index in [9.17, 15) is 9.59 Å². The molecule has 0 bridgehead atoms. The second-order valence-electron chi connectivity index (χ2n) is 5.08. The number of halogens is 1. The summed E-state index contributed by atoms with van der Waals surface area (Å²) < 4.78 is 0. The van der Waals surface area contributed by atoms with Crippen LogP contribution in [0.2, 0.25) is 5.02 Å². The van der Waals surface area contributed by atoms with Crippen molar-refractivity contribution in [2.75, 3.05) is 0 Å². The van der Waals surface area contributed by atoms with Gasteiger partial charge in [-0.2, -0.15) is 5.10 Å². The van der Waals surface area contributed by atoms with Crippen molar-refractivity contribution >= 4 is 29.6 Å². The second kappa shape index (κ2) is 9.47. The molecule has 2 aromatic carbocycles. The molecule has 0 aliphatic carbocycles. The molecule has 0 aromatic heterocycles. The fourth-order valence-electron chi connectivity index (χ4n) is 1.92. The van der Waals surface area contributed by atoms with E-state index >= 15 is 0 Å². The number of hydrogen-bond acceptors (Lipinski definition) is 3. The average molecular weight is 344 g/mol. The van der Waals surface area contributed by atoms with E-state index in [0.29, 0.717) is 17.1 Å². The molecule has 2 N–H and O–H groups in total. The van der Waals surface area contributed by atoms with Gasteiger partial charge in [0.15, 0.2) is 0 Å². The molecule has 0 fully saturated rings. The van der Waals surface area contributed by atoms with E-state index in [2.05, 4.69) is 15.8 Å². The van der Waals surface area contributed by atoms with Gasteiger partial charge in [0.1, 0.15) is 0 Å². The van der Waals surface area contributed by atoms with Crippen molar-refractivity contribution in [1.82, 2.24) is 10.7 Å². The molecule has 0 saturated carbocycles. The first-order chi connectivity index (χ1) is 11.6. The predicted octanol–water partition coefficient (Wildman–Crippen LogP) is 2.89. The highest BCUT2D eigenvalue weighted by Gasteiger charge is 2.06. The Bertz CT molecular complexity index is 717. The Labute approximate surface area is 145 Å². The topological polar surface area (TPSA) is 70.6 Å². The maximum atomic E-state index is 11.7. The Morgan fingerprint density at radius 3 is 2.38 bits per heavy atom. The quantitative estimate of drug-likeness (QED) is 0.599. The number of carbonyl (C=O) groups excluding carboxylic acids is 2. The van der Waals surface area contributed by atoms with E-state index in [0.717, 1.165) is 5.56 Å². The molecule has 0 atom stereocenters. The average Bonchev–Trinajstić information content (AvgIpc) is 2.61. The Balaban J connectivity index is 1.67. The summed E-state index contributed by atoms with van der Waals surface area (Å²) in [4.78, 5) is 23.4. The molecule has 5 nitrogen and oxygen atoms in total. The highest BCUT2D eigenvalue weighted by atomic mass is 35.5. The standard InChI is InChI=1S/C18H18ClN3O2/c19-16-9-5-4-8-15(16)13-21-22-18(24)11-10-17(23)20-12-14-6-2-1-3-7-14/h1-9,13H,10-12H2,(H,20,23)(H,22,24)/b21-13+. The van der Waals surface area contributed by atoms with Crippen LogP contribution >= 0.6 is 11.6 Å². The zero-order chi connectivity index (χ0) is 17.2. The molecule has 0 spiro atoms. The van der Waals surface area contributed by atoms with Crippen LogP contribution < -0.4 is 10.7 Å². The van der Waals surface area contributed by atoms with Gasteiger partial charge in [0.25, 0.3) is 0 Å². The molecule has 0 radical (unpaired) electrons. The summed E-state index contributed by atoms with van der Waals surface area (Å²) in [5.74, 6) is -0.503. The normalized spacial score (nSPS) is 10.5. The van der Waals surface area contributed by atoms with Crippen molar-refractivity contribution in [2.24, 2.45) is 5.10 Å². The molecule has 24 heavy (non-hydrogen) atoms. The van der Waals surface area contributed by atoms with Crippen LogP contribution in [0.15, 0.2) is 59.7 Å². The lowest BCUT2D eigenvalue weighted by molar-refractivity contribution is -0.126. The van der Waals surface area contributed by atoms with Crippen molar-refractivity contribution in [2.45, 2.75) is 19.4 Å². The van der Waals surface area contributed by atoms with Crippen LogP contribution in [-0.2, 0) is 16.1 Å². The van der Waals surface area contributed by atoms with Crippen LogP contribution in [-0.4, -0.2) is 18.0 Å². The molecule has 0 saturated heterocycles. The van der Waals surface area contributed by atoms with Crippen LogP contribution in [0.3, 0.4) is 0 Å². The van der Waals surface area contributed by atoms with Gasteiger partial charge in [0.2, 0.25) is 11.8 Å². The number of carbonyl (C=O) groups is 2. The lowest BCUT2D eigenvalue weighted by Gasteiger charge is -2.05. The molecule has 2 aromatic rings. The van der Waals surface area contributed by atoms with Crippen molar-refractivity contribution < 1.29 is 9.59 Å². The summed E-state index contributed by atoms with van der Waals surface area (Å²) in [5, 5.41) is 7.15. The minimum Gasteiger partial charge on any atom is -0.352 e. The van der Waals surface area contributed by atoms with Gasteiger partial charge in [0.05, 0.1) is 6.21 Å². The van der Waals surface area contributed by atoms with Gasteiger partial charge >= 0.3 is 0 Å². The number of rotatable bonds is 7. The summed E-state index contributed by atoms with van der Waals surface area (Å²) in [6, 6.07) is 16.7. The number of hydrazone groups is 1. The summed E-state index contributed by atoms with van der Waals surface area (Å²) in [7, 11) is 0. The zero-order valence-electron chi connectivity index (χ0n) is 13.0. The smallest absolute Gasteiger partial charge is 0.240 e. The monoisotopic (exact) mass is 343 g/mol. The molecular formula is C18H18ClN3O2.